The van der Waals surface area contributed by atoms with Gasteiger partial charge in [-0.1, -0.05) is 0 Å². The molecule has 1 unspecified atom stereocenters. The zero-order valence-electron chi connectivity index (χ0n) is 12.5. The Balaban J connectivity index is 1.98. The van der Waals surface area contributed by atoms with E-state index in [9.17, 15) is 8.78 Å². The first-order valence-electron chi connectivity index (χ1n) is 7.26. The van der Waals surface area contributed by atoms with Crippen molar-refractivity contribution in [2.75, 3.05) is 50.0 Å². The van der Waals surface area contributed by atoms with Gasteiger partial charge in [-0.3, -0.25) is 4.90 Å². The minimum Gasteiger partial charge on any atom is -0.379 e. The van der Waals surface area contributed by atoms with Crippen LogP contribution in [0.25, 0.3) is 0 Å². The normalized spacial score (nSPS) is 17.5. The van der Waals surface area contributed by atoms with Gasteiger partial charge in [-0.05, 0) is 13.8 Å². The second kappa shape index (κ2) is 7.51. The van der Waals surface area contributed by atoms with Crippen LogP contribution in [0, 0.1) is 11.6 Å². The summed E-state index contributed by atoms with van der Waals surface area (Å²) in [4.78, 5) is 6.22. The van der Waals surface area contributed by atoms with Gasteiger partial charge < -0.3 is 15.4 Å². The molecule has 0 saturated carbocycles. The van der Waals surface area contributed by atoms with Crippen LogP contribution in [0.2, 0.25) is 0 Å². The lowest BCUT2D eigenvalue weighted by Gasteiger charge is -2.29. The maximum atomic E-state index is 13.8. The van der Waals surface area contributed by atoms with E-state index in [1.54, 1.807) is 0 Å². The van der Waals surface area contributed by atoms with Gasteiger partial charge in [-0.25, -0.2) is 13.8 Å². The lowest BCUT2D eigenvalue weighted by Crippen LogP contribution is -2.42. The Morgan fingerprint density at radius 3 is 2.62 bits per heavy atom. The molecule has 0 amide bonds. The molecule has 21 heavy (non-hydrogen) atoms. The fraction of sp³-hybridized carbons (Fsp3) is 0.643. The molecule has 0 aromatic carbocycles. The van der Waals surface area contributed by atoms with Crippen molar-refractivity contribution in [3.63, 3.8) is 0 Å². The van der Waals surface area contributed by atoms with Gasteiger partial charge in [0.25, 0.3) is 0 Å². The minimum atomic E-state index is -0.680. The van der Waals surface area contributed by atoms with Crippen LogP contribution in [-0.2, 0) is 4.74 Å². The lowest BCUT2D eigenvalue weighted by molar-refractivity contribution is 0.0368. The van der Waals surface area contributed by atoms with E-state index in [1.165, 1.54) is 0 Å². The summed E-state index contributed by atoms with van der Waals surface area (Å²) in [6.07, 6.45) is 0. The lowest BCUT2D eigenvalue weighted by atomic mass is 10.2. The van der Waals surface area contributed by atoms with Crippen LogP contribution in [0.5, 0.6) is 0 Å². The number of aromatic nitrogens is 1. The highest BCUT2D eigenvalue weighted by atomic mass is 19.1. The summed E-state index contributed by atoms with van der Waals surface area (Å²) in [5, 5.41) is 5.79. The Bertz CT molecular complexity index is 467. The molecule has 1 aromatic heterocycles. The number of morpholine rings is 1. The Morgan fingerprint density at radius 2 is 1.95 bits per heavy atom. The van der Waals surface area contributed by atoms with Crippen LogP contribution in [0.3, 0.4) is 0 Å². The Labute approximate surface area is 123 Å². The molecule has 0 bridgehead atoms. The molecule has 1 aliphatic rings. The number of nitrogens with zero attached hydrogens (tertiary/aromatic N) is 2. The second-order valence-electron chi connectivity index (χ2n) is 5.14. The van der Waals surface area contributed by atoms with Crippen molar-refractivity contribution in [1.29, 1.82) is 0 Å². The van der Waals surface area contributed by atoms with Crippen molar-refractivity contribution in [3.05, 3.63) is 17.7 Å². The van der Waals surface area contributed by atoms with Gasteiger partial charge >= 0.3 is 0 Å². The summed E-state index contributed by atoms with van der Waals surface area (Å²) < 4.78 is 32.6. The third-order valence-electron chi connectivity index (χ3n) is 3.29. The number of pyridine rings is 1. The van der Waals surface area contributed by atoms with Gasteiger partial charge in [0, 0.05) is 38.3 Å². The summed E-state index contributed by atoms with van der Waals surface area (Å²) in [6, 6.07) is 0.861. The molecule has 118 valence electrons. The van der Waals surface area contributed by atoms with Crippen molar-refractivity contribution in [3.8, 4) is 0 Å². The highest BCUT2D eigenvalue weighted by Crippen LogP contribution is 2.19. The van der Waals surface area contributed by atoms with E-state index in [0.29, 0.717) is 6.54 Å². The fourth-order valence-corrected chi connectivity index (χ4v) is 2.31. The number of nitrogens with one attached hydrogen (secondary N) is 2. The maximum absolute atomic E-state index is 13.8. The number of hydrogen-bond acceptors (Lipinski definition) is 5. The number of hydrogen-bond donors (Lipinski definition) is 2. The Morgan fingerprint density at radius 1 is 1.29 bits per heavy atom. The molecular weight excluding hydrogens is 278 g/mol. The van der Waals surface area contributed by atoms with Crippen LogP contribution >= 0.6 is 0 Å². The first kappa shape index (κ1) is 15.9. The molecule has 0 aliphatic carbocycles. The van der Waals surface area contributed by atoms with Crippen LogP contribution in [0.1, 0.15) is 13.8 Å². The number of rotatable bonds is 6. The number of anilines is 2. The molecule has 1 saturated heterocycles. The predicted octanol–water partition coefficient (Wildman–Crippen LogP) is 1.92. The van der Waals surface area contributed by atoms with E-state index in [2.05, 4.69) is 20.5 Å². The summed E-state index contributed by atoms with van der Waals surface area (Å²) in [7, 11) is 0. The summed E-state index contributed by atoms with van der Waals surface area (Å²) in [5.41, 5.74) is 0. The van der Waals surface area contributed by atoms with E-state index in [-0.39, 0.29) is 17.7 Å². The quantitative estimate of drug-likeness (QED) is 0.840. The zero-order chi connectivity index (χ0) is 15.2. The molecule has 2 rings (SSSR count). The second-order valence-corrected chi connectivity index (χ2v) is 5.14. The van der Waals surface area contributed by atoms with Crippen molar-refractivity contribution >= 4 is 11.6 Å². The molecule has 1 fully saturated rings. The van der Waals surface area contributed by atoms with Gasteiger partial charge in [0.1, 0.15) is 0 Å². The Hall–Kier alpha value is -1.47. The standard InChI is InChI=1S/C14H22F2N4O/c1-3-17-13-11(15)8-12(16)14(19-13)18-10(2)9-20-4-6-21-7-5-20/h8,10H,3-7,9H2,1-2H3,(H2,17,18,19). The van der Waals surface area contributed by atoms with E-state index >= 15 is 0 Å². The van der Waals surface area contributed by atoms with Crippen LogP contribution in [0.15, 0.2) is 6.07 Å². The molecule has 2 N–H and O–H groups in total. The summed E-state index contributed by atoms with van der Waals surface area (Å²) in [6.45, 7) is 8.26. The van der Waals surface area contributed by atoms with Gasteiger partial charge in [-0.2, -0.15) is 0 Å². The maximum Gasteiger partial charge on any atom is 0.168 e. The smallest absolute Gasteiger partial charge is 0.168 e. The molecule has 7 heteroatoms. The first-order valence-corrected chi connectivity index (χ1v) is 7.26. The highest BCUT2D eigenvalue weighted by molar-refractivity contribution is 5.47. The molecule has 1 aromatic rings. The van der Waals surface area contributed by atoms with Gasteiger partial charge in [-0.15, -0.1) is 0 Å². The van der Waals surface area contributed by atoms with Gasteiger partial charge in [0.2, 0.25) is 0 Å². The fourth-order valence-electron chi connectivity index (χ4n) is 2.31. The van der Waals surface area contributed by atoms with Crippen molar-refractivity contribution in [2.45, 2.75) is 19.9 Å². The van der Waals surface area contributed by atoms with Gasteiger partial charge in [0.15, 0.2) is 23.3 Å². The number of ether oxygens (including phenoxy) is 1. The molecule has 0 spiro atoms. The van der Waals surface area contributed by atoms with Gasteiger partial charge in [0.05, 0.1) is 13.2 Å². The topological polar surface area (TPSA) is 49.4 Å². The average molecular weight is 300 g/mol. The van der Waals surface area contributed by atoms with E-state index in [4.69, 9.17) is 4.74 Å². The summed E-state index contributed by atoms with van der Waals surface area (Å²) >= 11 is 0. The zero-order valence-corrected chi connectivity index (χ0v) is 12.5. The summed E-state index contributed by atoms with van der Waals surface area (Å²) in [5.74, 6) is -1.21. The molecule has 2 heterocycles. The highest BCUT2D eigenvalue weighted by Gasteiger charge is 2.17. The molecule has 0 radical (unpaired) electrons. The monoisotopic (exact) mass is 300 g/mol. The van der Waals surface area contributed by atoms with E-state index in [1.807, 2.05) is 13.8 Å². The van der Waals surface area contributed by atoms with E-state index in [0.717, 1.165) is 38.9 Å². The first-order chi connectivity index (χ1) is 10.1. The third-order valence-corrected chi connectivity index (χ3v) is 3.29. The Kier molecular flexibility index (Phi) is 5.69. The van der Waals surface area contributed by atoms with E-state index < -0.39 is 11.6 Å². The molecule has 1 aliphatic heterocycles. The SMILES string of the molecule is CCNc1nc(NC(C)CN2CCOCC2)c(F)cc1F. The molecule has 5 nitrogen and oxygen atoms in total. The largest absolute Gasteiger partial charge is 0.379 e. The third kappa shape index (κ3) is 4.50. The minimum absolute atomic E-state index is 0.00466. The molecule has 1 atom stereocenters. The van der Waals surface area contributed by atoms with Crippen molar-refractivity contribution < 1.29 is 13.5 Å². The molecular formula is C14H22F2N4O. The van der Waals surface area contributed by atoms with Crippen LogP contribution in [0.4, 0.5) is 20.4 Å². The number of halogens is 2. The average Bonchev–Trinajstić information content (AvgIpc) is 2.45. The van der Waals surface area contributed by atoms with Crippen molar-refractivity contribution in [1.82, 2.24) is 9.88 Å². The van der Waals surface area contributed by atoms with Crippen LogP contribution in [-0.4, -0.2) is 55.3 Å². The predicted molar refractivity (Wildman–Crippen MR) is 78.7 cm³/mol. The van der Waals surface area contributed by atoms with Crippen LogP contribution < -0.4 is 10.6 Å². The van der Waals surface area contributed by atoms with Crippen molar-refractivity contribution in [2.24, 2.45) is 0 Å².